The summed E-state index contributed by atoms with van der Waals surface area (Å²) < 4.78 is 4.26. The summed E-state index contributed by atoms with van der Waals surface area (Å²) in [6.45, 7) is 12.2. The summed E-state index contributed by atoms with van der Waals surface area (Å²) in [5.74, 6) is 0.113. The summed E-state index contributed by atoms with van der Waals surface area (Å²) in [5.41, 5.74) is 7.30. The van der Waals surface area contributed by atoms with Crippen molar-refractivity contribution in [1.29, 1.82) is 0 Å². The molecule has 5 rings (SSSR count). The second kappa shape index (κ2) is 8.18. The van der Waals surface area contributed by atoms with E-state index in [2.05, 4.69) is 51.0 Å². The Bertz CT molecular complexity index is 1280. The first-order chi connectivity index (χ1) is 15.4. The lowest BCUT2D eigenvalue weighted by molar-refractivity contribution is 0.0625. The molecule has 0 saturated carbocycles. The fourth-order valence-corrected chi connectivity index (χ4v) is 5.35. The number of thiazole rings is 1. The smallest absolute Gasteiger partial charge is 0.255 e. The van der Waals surface area contributed by atoms with Gasteiger partial charge in [-0.3, -0.25) is 14.3 Å². The Balaban J connectivity index is 1.28. The second-order valence-corrected chi connectivity index (χ2v) is 9.45. The van der Waals surface area contributed by atoms with Crippen LogP contribution in [0.15, 0.2) is 36.0 Å². The van der Waals surface area contributed by atoms with E-state index >= 15 is 0 Å². The van der Waals surface area contributed by atoms with Gasteiger partial charge in [-0.05, 0) is 51.5 Å². The van der Waals surface area contributed by atoms with Crippen LogP contribution in [-0.2, 0) is 6.54 Å². The molecule has 5 heterocycles. The molecule has 0 aromatic carbocycles. The minimum absolute atomic E-state index is 0.113. The van der Waals surface area contributed by atoms with Gasteiger partial charge in [0.15, 0.2) is 5.13 Å². The average Bonchev–Trinajstić information content (AvgIpc) is 3.47. The number of aromatic nitrogens is 4. The van der Waals surface area contributed by atoms with Crippen molar-refractivity contribution in [2.24, 2.45) is 0 Å². The standard InChI is InChI=1S/C24H28N6OS/c1-16-5-7-29-21(18(3)26-22(29)13-16)15-27-8-10-28(11-9-27)23(31)20-14-17(2)30(19(20)4)24-25-6-12-32-24/h5-7,12-14H,8-11,15H2,1-4H3. The molecule has 1 aliphatic heterocycles. The molecule has 1 fully saturated rings. The van der Waals surface area contributed by atoms with Crippen LogP contribution in [0.1, 0.15) is 38.7 Å². The fourth-order valence-electron chi connectivity index (χ4n) is 4.60. The van der Waals surface area contributed by atoms with E-state index < -0.39 is 0 Å². The molecule has 0 unspecified atom stereocenters. The number of amides is 1. The van der Waals surface area contributed by atoms with Crippen molar-refractivity contribution in [1.82, 2.24) is 28.7 Å². The topological polar surface area (TPSA) is 58.7 Å². The molecule has 0 radical (unpaired) electrons. The lowest BCUT2D eigenvalue weighted by Crippen LogP contribution is -2.48. The van der Waals surface area contributed by atoms with E-state index in [0.717, 1.165) is 66.1 Å². The van der Waals surface area contributed by atoms with E-state index in [1.54, 1.807) is 17.5 Å². The zero-order chi connectivity index (χ0) is 22.4. The van der Waals surface area contributed by atoms with Crippen molar-refractivity contribution in [3.63, 3.8) is 0 Å². The Hall–Kier alpha value is -2.97. The number of hydrogen-bond acceptors (Lipinski definition) is 5. The SMILES string of the molecule is Cc1ccn2c(CN3CCN(C(=O)c4cc(C)n(-c5nccs5)c4C)CC3)c(C)nc2c1. The van der Waals surface area contributed by atoms with Gasteiger partial charge in [0.2, 0.25) is 0 Å². The molecule has 7 nitrogen and oxygen atoms in total. The maximum Gasteiger partial charge on any atom is 0.255 e. The molecule has 4 aromatic rings. The van der Waals surface area contributed by atoms with Crippen LogP contribution in [0.2, 0.25) is 0 Å². The van der Waals surface area contributed by atoms with Crippen LogP contribution in [0.25, 0.3) is 10.8 Å². The van der Waals surface area contributed by atoms with E-state index in [9.17, 15) is 4.79 Å². The molecule has 0 atom stereocenters. The number of piperazine rings is 1. The molecule has 4 aromatic heterocycles. The number of rotatable bonds is 4. The van der Waals surface area contributed by atoms with Crippen molar-refractivity contribution in [3.8, 4) is 5.13 Å². The van der Waals surface area contributed by atoms with Crippen molar-refractivity contribution < 1.29 is 4.79 Å². The predicted molar refractivity (Wildman–Crippen MR) is 127 cm³/mol. The molecule has 1 amide bonds. The zero-order valence-electron chi connectivity index (χ0n) is 19.0. The second-order valence-electron chi connectivity index (χ2n) is 8.58. The lowest BCUT2D eigenvalue weighted by atomic mass is 10.2. The molecule has 1 saturated heterocycles. The molecule has 0 aliphatic carbocycles. The van der Waals surface area contributed by atoms with Gasteiger partial charge in [-0.15, -0.1) is 11.3 Å². The quantitative estimate of drug-likeness (QED) is 0.477. The first-order valence-corrected chi connectivity index (χ1v) is 11.8. The summed E-state index contributed by atoms with van der Waals surface area (Å²) in [6, 6.07) is 6.24. The molecule has 8 heteroatoms. The third-order valence-electron chi connectivity index (χ3n) is 6.39. The third-order valence-corrected chi connectivity index (χ3v) is 7.14. The van der Waals surface area contributed by atoms with Gasteiger partial charge in [-0.25, -0.2) is 9.97 Å². The lowest BCUT2D eigenvalue weighted by Gasteiger charge is -2.34. The van der Waals surface area contributed by atoms with Crippen LogP contribution in [0, 0.1) is 27.7 Å². The van der Waals surface area contributed by atoms with Crippen LogP contribution >= 0.6 is 11.3 Å². The maximum atomic E-state index is 13.3. The summed E-state index contributed by atoms with van der Waals surface area (Å²) >= 11 is 1.58. The van der Waals surface area contributed by atoms with Crippen LogP contribution in [-0.4, -0.2) is 60.8 Å². The largest absolute Gasteiger partial charge is 0.336 e. The van der Waals surface area contributed by atoms with Gasteiger partial charge in [-0.2, -0.15) is 0 Å². The van der Waals surface area contributed by atoms with Crippen molar-refractivity contribution in [2.45, 2.75) is 34.2 Å². The van der Waals surface area contributed by atoms with Gasteiger partial charge in [0.25, 0.3) is 5.91 Å². The summed E-state index contributed by atoms with van der Waals surface area (Å²) in [6.07, 6.45) is 3.91. The Labute approximate surface area is 191 Å². The Kier molecular flexibility index (Phi) is 5.35. The highest BCUT2D eigenvalue weighted by Gasteiger charge is 2.26. The third kappa shape index (κ3) is 3.63. The highest BCUT2D eigenvalue weighted by atomic mass is 32.1. The zero-order valence-corrected chi connectivity index (χ0v) is 19.8. The number of aryl methyl sites for hydroxylation is 3. The van der Waals surface area contributed by atoms with Crippen molar-refractivity contribution in [3.05, 3.63) is 69.9 Å². The Morgan fingerprint density at radius 3 is 2.59 bits per heavy atom. The molecule has 166 valence electrons. The van der Waals surface area contributed by atoms with E-state index in [1.807, 2.05) is 30.2 Å². The molecule has 0 N–H and O–H groups in total. The van der Waals surface area contributed by atoms with Crippen LogP contribution in [0.4, 0.5) is 0 Å². The molecule has 0 bridgehead atoms. The van der Waals surface area contributed by atoms with E-state index in [1.165, 1.54) is 11.3 Å². The monoisotopic (exact) mass is 448 g/mol. The van der Waals surface area contributed by atoms with Crippen LogP contribution in [0.3, 0.4) is 0 Å². The first-order valence-electron chi connectivity index (χ1n) is 11.0. The number of fused-ring (bicyclic) bond motifs is 1. The van der Waals surface area contributed by atoms with Gasteiger partial charge < -0.3 is 9.30 Å². The predicted octanol–water partition coefficient (Wildman–Crippen LogP) is 3.77. The molecule has 1 aliphatic rings. The van der Waals surface area contributed by atoms with Gasteiger partial charge >= 0.3 is 0 Å². The number of carbonyl (C=O) groups is 1. The van der Waals surface area contributed by atoms with E-state index in [0.29, 0.717) is 0 Å². The Morgan fingerprint density at radius 2 is 1.88 bits per heavy atom. The minimum atomic E-state index is 0.113. The normalized spacial score (nSPS) is 15.1. The average molecular weight is 449 g/mol. The summed E-state index contributed by atoms with van der Waals surface area (Å²) in [4.78, 5) is 26.8. The van der Waals surface area contributed by atoms with Gasteiger partial charge in [0.05, 0.1) is 17.0 Å². The Morgan fingerprint density at radius 1 is 1.09 bits per heavy atom. The number of carbonyl (C=O) groups excluding carboxylic acids is 1. The molecule has 0 spiro atoms. The van der Waals surface area contributed by atoms with Crippen molar-refractivity contribution >= 4 is 22.9 Å². The van der Waals surface area contributed by atoms with Crippen LogP contribution < -0.4 is 0 Å². The summed E-state index contributed by atoms with van der Waals surface area (Å²) in [5, 5.41) is 2.86. The van der Waals surface area contributed by atoms with Crippen molar-refractivity contribution in [2.75, 3.05) is 26.2 Å². The number of imidazole rings is 1. The number of pyridine rings is 1. The number of hydrogen-bond donors (Lipinski definition) is 0. The van der Waals surface area contributed by atoms with Gasteiger partial charge in [-0.1, -0.05) is 0 Å². The summed E-state index contributed by atoms with van der Waals surface area (Å²) in [7, 11) is 0. The molecule has 32 heavy (non-hydrogen) atoms. The van der Waals surface area contributed by atoms with Gasteiger partial charge in [0.1, 0.15) is 5.65 Å². The van der Waals surface area contributed by atoms with Crippen LogP contribution in [0.5, 0.6) is 0 Å². The molecular formula is C24H28N6OS. The minimum Gasteiger partial charge on any atom is -0.336 e. The van der Waals surface area contributed by atoms with Gasteiger partial charge in [0, 0.05) is 61.9 Å². The maximum absolute atomic E-state index is 13.3. The first kappa shape index (κ1) is 20.9. The molecular weight excluding hydrogens is 420 g/mol. The number of nitrogens with zero attached hydrogens (tertiary/aromatic N) is 6. The van der Waals surface area contributed by atoms with E-state index in [4.69, 9.17) is 4.98 Å². The highest BCUT2D eigenvalue weighted by Crippen LogP contribution is 2.24. The fraction of sp³-hybridized carbons (Fsp3) is 0.375. The van der Waals surface area contributed by atoms with E-state index in [-0.39, 0.29) is 5.91 Å². The highest BCUT2D eigenvalue weighted by molar-refractivity contribution is 7.12.